The fraction of sp³-hybridized carbons (Fsp3) is 0. The Morgan fingerprint density at radius 1 is 1.12 bits per heavy atom. The smallest absolute Gasteiger partial charge is 0.207 e. The van der Waals surface area contributed by atoms with Crippen molar-refractivity contribution in [3.63, 3.8) is 0 Å². The number of rotatable bonds is 2. The van der Waals surface area contributed by atoms with Crippen LogP contribution in [0.5, 0.6) is 0 Å². The Balaban J connectivity index is 3.56. The summed E-state index contributed by atoms with van der Waals surface area (Å²) >= 11 is 2.45. The molecule has 0 radical (unpaired) electrons. The van der Waals surface area contributed by atoms with Gasteiger partial charge in [-0.15, -0.1) is 0 Å². The minimum Gasteiger partial charge on any atom is -0.207 e. The Labute approximate surface area is 106 Å². The van der Waals surface area contributed by atoms with E-state index in [2.05, 4.69) is 15.9 Å². The lowest BCUT2D eigenvalue weighted by Crippen LogP contribution is -2.06. The molecule has 1 aromatic carbocycles. The third-order valence-corrected chi connectivity index (χ3v) is 5.05. The summed E-state index contributed by atoms with van der Waals surface area (Å²) in [6, 6.07) is 0.318. The quantitative estimate of drug-likeness (QED) is 0.532. The molecule has 0 aliphatic carbocycles. The van der Waals surface area contributed by atoms with Gasteiger partial charge in [-0.2, -0.15) is 0 Å². The molecule has 0 N–H and O–H groups in total. The molecule has 0 spiro atoms. The van der Waals surface area contributed by atoms with Crippen LogP contribution in [-0.4, -0.2) is 8.42 Å². The zero-order chi connectivity index (χ0) is 13.8. The second-order valence-electron chi connectivity index (χ2n) is 3.00. The maximum Gasteiger partial charge on any atom is 0.310 e. The zero-order valence-electron chi connectivity index (χ0n) is 7.51. The molecule has 0 amide bonds. The summed E-state index contributed by atoms with van der Waals surface area (Å²) in [5, 5.41) is 0. The monoisotopic (exact) mass is 380 g/mol. The average Bonchev–Trinajstić information content (AvgIpc) is 1.96. The van der Waals surface area contributed by atoms with Crippen molar-refractivity contribution in [1.29, 1.82) is 0 Å². The first-order valence-electron chi connectivity index (χ1n) is 3.59. The van der Waals surface area contributed by atoms with Crippen LogP contribution in [0.2, 0.25) is 0 Å². The molecule has 1 rings (SSSR count). The fourth-order valence-corrected chi connectivity index (χ4v) is 3.96. The van der Waals surface area contributed by atoms with E-state index in [9.17, 15) is 27.8 Å². The molecule has 0 bridgehead atoms. The van der Waals surface area contributed by atoms with Crippen molar-refractivity contribution in [3.8, 4) is 0 Å². The summed E-state index contributed by atoms with van der Waals surface area (Å²) in [6.07, 6.45) is 0. The molecule has 0 heterocycles. The molecule has 0 atom stereocenters. The minimum absolute atomic E-state index is 0.0170. The summed E-state index contributed by atoms with van der Waals surface area (Å²) in [4.78, 5) is -2.91. The second-order valence-corrected chi connectivity index (χ2v) is 8.80. The lowest BCUT2D eigenvalue weighted by Gasteiger charge is -2.40. The summed E-state index contributed by atoms with van der Waals surface area (Å²) < 4.78 is 82.8. The number of hydrogen-bond donors (Lipinski definition) is 0. The van der Waals surface area contributed by atoms with Crippen molar-refractivity contribution >= 4 is 45.9 Å². The van der Waals surface area contributed by atoms with Crippen LogP contribution >= 0.6 is 36.8 Å². The van der Waals surface area contributed by atoms with Crippen molar-refractivity contribution in [2.45, 2.75) is 9.79 Å². The number of hydrogen-bond acceptors (Lipinski definition) is 2. The van der Waals surface area contributed by atoms with Crippen molar-refractivity contribution < 1.29 is 27.8 Å². The Hall–Kier alpha value is -0.0600. The van der Waals surface area contributed by atoms with Crippen LogP contribution in [0.1, 0.15) is 0 Å². The van der Waals surface area contributed by atoms with E-state index in [-0.39, 0.29) is 12.1 Å². The van der Waals surface area contributed by atoms with Gasteiger partial charge in [0, 0.05) is 15.2 Å². The number of halogens is 7. The highest BCUT2D eigenvalue weighted by Crippen LogP contribution is 3.02. The third-order valence-electron chi connectivity index (χ3n) is 1.61. The van der Waals surface area contributed by atoms with E-state index in [1.54, 1.807) is 0 Å². The second kappa shape index (κ2) is 3.28. The lowest BCUT2D eigenvalue weighted by molar-refractivity contribution is 0.363. The van der Waals surface area contributed by atoms with E-state index in [4.69, 9.17) is 10.7 Å². The highest BCUT2D eigenvalue weighted by molar-refractivity contribution is 9.10. The van der Waals surface area contributed by atoms with Crippen LogP contribution in [-0.2, 0) is 9.05 Å². The van der Waals surface area contributed by atoms with Crippen molar-refractivity contribution in [3.05, 3.63) is 22.7 Å². The van der Waals surface area contributed by atoms with E-state index < -0.39 is 33.5 Å². The van der Waals surface area contributed by atoms with Gasteiger partial charge in [-0.25, -0.2) is 8.42 Å². The summed E-state index contributed by atoms with van der Waals surface area (Å²) in [5.41, 5.74) is 0. The lowest BCUT2D eigenvalue weighted by atomic mass is 10.4. The Bertz CT molecular complexity index is 582. The maximum absolute atomic E-state index is 12.4. The van der Waals surface area contributed by atoms with E-state index in [1.807, 2.05) is 0 Å². The predicted octanol–water partition coefficient (Wildman–Crippen LogP) is 5.03. The van der Waals surface area contributed by atoms with E-state index in [0.29, 0.717) is 6.07 Å². The molecule has 0 aliphatic heterocycles. The average molecular weight is 382 g/mol. The first kappa shape index (κ1) is 15.0. The van der Waals surface area contributed by atoms with Gasteiger partial charge in [0.1, 0.15) is 4.90 Å². The van der Waals surface area contributed by atoms with E-state index in [1.165, 1.54) is 0 Å². The molecule has 0 saturated heterocycles. The number of benzene rings is 1. The van der Waals surface area contributed by atoms with Gasteiger partial charge in [0.25, 0.3) is 9.05 Å². The standard InChI is InChI=1S/C6H3BrClF5O2S2/c7-5-3-4(17(9,10,11,12)13)1-2-6(5)16(8,14)15/h1-3H. The zero-order valence-corrected chi connectivity index (χ0v) is 11.5. The van der Waals surface area contributed by atoms with Crippen molar-refractivity contribution in [1.82, 2.24) is 0 Å². The van der Waals surface area contributed by atoms with Gasteiger partial charge in [-0.1, -0.05) is 19.4 Å². The largest absolute Gasteiger partial charge is 0.310 e. The van der Waals surface area contributed by atoms with Crippen LogP contribution in [0, 0.1) is 0 Å². The van der Waals surface area contributed by atoms with E-state index >= 15 is 0 Å². The molecule has 0 aromatic heterocycles. The molecule has 100 valence electrons. The summed E-state index contributed by atoms with van der Waals surface area (Å²) in [7, 11) is -9.24. The van der Waals surface area contributed by atoms with Crippen molar-refractivity contribution in [2.24, 2.45) is 0 Å². The van der Waals surface area contributed by atoms with Crippen LogP contribution in [0.3, 0.4) is 0 Å². The molecular formula is C6H3BrClF5O2S2. The molecule has 0 fully saturated rings. The van der Waals surface area contributed by atoms with Gasteiger partial charge in [0.05, 0.1) is 4.90 Å². The third kappa shape index (κ3) is 3.70. The SMILES string of the molecule is O=S(=O)(Cl)c1ccc(S(F)(F)(F)(F)F)cc1Br. The van der Waals surface area contributed by atoms with Gasteiger partial charge in [-0.05, 0) is 34.1 Å². The first-order chi connectivity index (χ1) is 7.11. The van der Waals surface area contributed by atoms with Gasteiger partial charge in [-0.3, -0.25) is 0 Å². The van der Waals surface area contributed by atoms with E-state index in [0.717, 1.165) is 0 Å². The van der Waals surface area contributed by atoms with Gasteiger partial charge < -0.3 is 0 Å². The molecule has 17 heavy (non-hydrogen) atoms. The molecular weight excluding hydrogens is 379 g/mol. The molecule has 0 unspecified atom stereocenters. The van der Waals surface area contributed by atoms with Gasteiger partial charge in [0.2, 0.25) is 0 Å². The highest BCUT2D eigenvalue weighted by atomic mass is 79.9. The van der Waals surface area contributed by atoms with Crippen LogP contribution in [0.4, 0.5) is 19.4 Å². The molecule has 2 nitrogen and oxygen atoms in total. The predicted molar refractivity (Wildman–Crippen MR) is 58.6 cm³/mol. The van der Waals surface area contributed by atoms with Crippen LogP contribution < -0.4 is 0 Å². The topological polar surface area (TPSA) is 34.1 Å². The highest BCUT2D eigenvalue weighted by Gasteiger charge is 2.65. The summed E-state index contributed by atoms with van der Waals surface area (Å²) in [5.74, 6) is 0. The Morgan fingerprint density at radius 2 is 1.59 bits per heavy atom. The molecule has 0 aliphatic rings. The molecule has 1 aromatic rings. The van der Waals surface area contributed by atoms with Crippen LogP contribution in [0.15, 0.2) is 32.5 Å². The van der Waals surface area contributed by atoms with Gasteiger partial charge in [0.15, 0.2) is 0 Å². The summed E-state index contributed by atoms with van der Waals surface area (Å²) in [6.45, 7) is 0. The van der Waals surface area contributed by atoms with Crippen LogP contribution in [0.25, 0.3) is 0 Å². The fourth-order valence-electron chi connectivity index (χ4n) is 0.919. The molecule has 0 saturated carbocycles. The normalized spacial score (nSPS) is 17.4. The minimum atomic E-state index is -9.82. The maximum atomic E-state index is 12.4. The van der Waals surface area contributed by atoms with Gasteiger partial charge >= 0.3 is 10.2 Å². The Morgan fingerprint density at radius 3 is 1.88 bits per heavy atom. The first-order valence-corrected chi connectivity index (χ1v) is 8.65. The van der Waals surface area contributed by atoms with Crippen molar-refractivity contribution in [2.75, 3.05) is 0 Å². The Kier molecular flexibility index (Phi) is 2.89. The molecule has 11 heteroatoms.